The number of imidazole rings is 1. The van der Waals surface area contributed by atoms with Gasteiger partial charge in [-0.2, -0.15) is 0 Å². The van der Waals surface area contributed by atoms with E-state index in [2.05, 4.69) is 61.0 Å². The lowest BCUT2D eigenvalue weighted by molar-refractivity contribution is 0.219. The summed E-state index contributed by atoms with van der Waals surface area (Å²) in [5.74, 6) is 3.69. The van der Waals surface area contributed by atoms with Crippen LogP contribution in [-0.4, -0.2) is 27.5 Å². The zero-order valence-corrected chi connectivity index (χ0v) is 16.2. The Hall–Kier alpha value is -1.68. The molecular weight excluding hydrogens is 308 g/mol. The van der Waals surface area contributed by atoms with Gasteiger partial charge in [0, 0.05) is 25.2 Å². The average Bonchev–Trinajstić information content (AvgIpc) is 2.96. The lowest BCUT2D eigenvalue weighted by Gasteiger charge is -2.37. The van der Waals surface area contributed by atoms with Crippen LogP contribution < -0.4 is 5.32 Å². The average molecular weight is 341 g/mol. The van der Waals surface area contributed by atoms with E-state index in [1.165, 1.54) is 12.0 Å². The third-order valence-corrected chi connectivity index (χ3v) is 5.59. The van der Waals surface area contributed by atoms with Gasteiger partial charge in [0.1, 0.15) is 5.82 Å². The lowest BCUT2D eigenvalue weighted by atomic mass is 9.69. The quantitative estimate of drug-likeness (QED) is 0.769. The Kier molecular flexibility index (Phi) is 5.57. The molecule has 0 fully saturated rings. The Labute approximate surface area is 151 Å². The van der Waals surface area contributed by atoms with Crippen molar-refractivity contribution in [2.45, 2.75) is 53.5 Å². The molecule has 2 aromatic rings. The van der Waals surface area contributed by atoms with Gasteiger partial charge in [-0.3, -0.25) is 0 Å². The van der Waals surface area contributed by atoms with Crippen molar-refractivity contribution in [1.82, 2.24) is 20.3 Å². The highest BCUT2D eigenvalue weighted by Gasteiger charge is 2.32. The molecule has 1 aliphatic carbocycles. The van der Waals surface area contributed by atoms with Crippen molar-refractivity contribution in [2.24, 2.45) is 23.7 Å². The minimum atomic E-state index is 0.544. The van der Waals surface area contributed by atoms with Crippen molar-refractivity contribution in [3.8, 4) is 0 Å². The number of pyridine rings is 1. The molecule has 25 heavy (non-hydrogen) atoms. The number of aromatic nitrogens is 3. The van der Waals surface area contributed by atoms with E-state index in [1.807, 2.05) is 12.1 Å². The standard InChI is InChI=1S/C21H32N4/c1-13(2)18-10-16(15(5)9-17(18)12-23-14(3)4)11-20-24-19-7-6-8-22-21(19)25-20/h6-9,13-14,16-18,23H,10-12H2,1-5H3,(H,22,24,25). The maximum absolute atomic E-state index is 4.68. The van der Waals surface area contributed by atoms with Crippen LogP contribution in [-0.2, 0) is 6.42 Å². The van der Waals surface area contributed by atoms with Crippen molar-refractivity contribution in [3.63, 3.8) is 0 Å². The number of rotatable bonds is 6. The SMILES string of the molecule is CC1=CC(CNC(C)C)C(C(C)C)CC1Cc1nc2ncccc2[nH]1. The smallest absolute Gasteiger partial charge is 0.177 e. The molecule has 0 amide bonds. The minimum Gasteiger partial charge on any atom is -0.341 e. The summed E-state index contributed by atoms with van der Waals surface area (Å²) in [6.45, 7) is 12.6. The van der Waals surface area contributed by atoms with E-state index in [0.717, 1.165) is 35.9 Å². The first-order chi connectivity index (χ1) is 11.9. The number of hydrogen-bond acceptors (Lipinski definition) is 3. The van der Waals surface area contributed by atoms with Gasteiger partial charge >= 0.3 is 0 Å². The number of H-pyrrole nitrogens is 1. The van der Waals surface area contributed by atoms with Crippen LogP contribution in [0.25, 0.3) is 11.2 Å². The third kappa shape index (κ3) is 4.30. The summed E-state index contributed by atoms with van der Waals surface area (Å²) < 4.78 is 0. The summed E-state index contributed by atoms with van der Waals surface area (Å²) in [4.78, 5) is 12.5. The molecule has 0 aliphatic heterocycles. The van der Waals surface area contributed by atoms with E-state index in [-0.39, 0.29) is 0 Å². The molecule has 0 spiro atoms. The Morgan fingerprint density at radius 3 is 2.76 bits per heavy atom. The van der Waals surface area contributed by atoms with Crippen LogP contribution >= 0.6 is 0 Å². The molecule has 2 aromatic heterocycles. The lowest BCUT2D eigenvalue weighted by Crippen LogP contribution is -2.37. The molecule has 0 saturated carbocycles. The van der Waals surface area contributed by atoms with E-state index < -0.39 is 0 Å². The molecule has 136 valence electrons. The summed E-state index contributed by atoms with van der Waals surface area (Å²) in [7, 11) is 0. The molecule has 0 saturated heterocycles. The second kappa shape index (κ2) is 7.69. The Bertz CT molecular complexity index is 695. The highest BCUT2D eigenvalue weighted by molar-refractivity contribution is 5.69. The molecule has 2 heterocycles. The predicted octanol–water partition coefficient (Wildman–Crippen LogP) is 4.35. The van der Waals surface area contributed by atoms with Crippen LogP contribution in [0.15, 0.2) is 30.0 Å². The number of aromatic amines is 1. The monoisotopic (exact) mass is 340 g/mol. The van der Waals surface area contributed by atoms with Gasteiger partial charge in [-0.1, -0.05) is 39.3 Å². The minimum absolute atomic E-state index is 0.544. The van der Waals surface area contributed by atoms with E-state index in [9.17, 15) is 0 Å². The number of hydrogen-bond donors (Lipinski definition) is 2. The molecule has 3 rings (SSSR count). The molecule has 0 radical (unpaired) electrons. The normalized spacial score (nSPS) is 24.3. The van der Waals surface area contributed by atoms with Crippen LogP contribution in [0.4, 0.5) is 0 Å². The van der Waals surface area contributed by atoms with Gasteiger partial charge in [0.25, 0.3) is 0 Å². The van der Waals surface area contributed by atoms with E-state index in [1.54, 1.807) is 6.20 Å². The van der Waals surface area contributed by atoms with Crippen molar-refractivity contribution >= 4 is 11.2 Å². The van der Waals surface area contributed by atoms with Crippen LogP contribution in [0.2, 0.25) is 0 Å². The highest BCUT2D eigenvalue weighted by Crippen LogP contribution is 2.38. The van der Waals surface area contributed by atoms with E-state index >= 15 is 0 Å². The van der Waals surface area contributed by atoms with Gasteiger partial charge in [-0.05, 0) is 49.1 Å². The van der Waals surface area contributed by atoms with E-state index in [4.69, 9.17) is 0 Å². The Balaban J connectivity index is 1.76. The maximum Gasteiger partial charge on any atom is 0.177 e. The number of allylic oxidation sites excluding steroid dienone is 1. The molecule has 0 aromatic carbocycles. The van der Waals surface area contributed by atoms with Gasteiger partial charge in [0.15, 0.2) is 5.65 Å². The van der Waals surface area contributed by atoms with Crippen molar-refractivity contribution in [1.29, 1.82) is 0 Å². The fourth-order valence-electron chi connectivity index (χ4n) is 4.10. The first-order valence-corrected chi connectivity index (χ1v) is 9.65. The van der Waals surface area contributed by atoms with Crippen LogP contribution in [0.3, 0.4) is 0 Å². The second-order valence-corrected chi connectivity index (χ2v) is 8.24. The first kappa shape index (κ1) is 18.1. The molecule has 1 aliphatic rings. The third-order valence-electron chi connectivity index (χ3n) is 5.59. The van der Waals surface area contributed by atoms with E-state index in [0.29, 0.717) is 23.8 Å². The van der Waals surface area contributed by atoms with Crippen LogP contribution in [0.5, 0.6) is 0 Å². The predicted molar refractivity (Wildman–Crippen MR) is 104 cm³/mol. The van der Waals surface area contributed by atoms with Gasteiger partial charge in [0.05, 0.1) is 5.52 Å². The zero-order chi connectivity index (χ0) is 18.0. The van der Waals surface area contributed by atoms with Gasteiger partial charge < -0.3 is 10.3 Å². The maximum atomic E-state index is 4.68. The molecule has 3 unspecified atom stereocenters. The van der Waals surface area contributed by atoms with Crippen LogP contribution in [0, 0.1) is 23.7 Å². The number of nitrogens with one attached hydrogen (secondary N) is 2. The molecular formula is C21H32N4. The Morgan fingerprint density at radius 1 is 1.28 bits per heavy atom. The fraction of sp³-hybridized carbons (Fsp3) is 0.619. The summed E-state index contributed by atoms with van der Waals surface area (Å²) in [6, 6.07) is 4.55. The van der Waals surface area contributed by atoms with Crippen molar-refractivity contribution in [2.75, 3.05) is 6.54 Å². The van der Waals surface area contributed by atoms with Crippen molar-refractivity contribution < 1.29 is 0 Å². The summed E-state index contributed by atoms with van der Waals surface area (Å²) in [5, 5.41) is 3.63. The van der Waals surface area contributed by atoms with Crippen molar-refractivity contribution in [3.05, 3.63) is 35.8 Å². The van der Waals surface area contributed by atoms with Crippen LogP contribution in [0.1, 0.15) is 46.9 Å². The Morgan fingerprint density at radius 2 is 2.08 bits per heavy atom. The molecule has 4 nitrogen and oxygen atoms in total. The van der Waals surface area contributed by atoms with Gasteiger partial charge in [0.2, 0.25) is 0 Å². The summed E-state index contributed by atoms with van der Waals surface area (Å²) >= 11 is 0. The summed E-state index contributed by atoms with van der Waals surface area (Å²) in [6.07, 6.45) is 6.55. The molecule has 2 N–H and O–H groups in total. The molecule has 3 atom stereocenters. The fourth-order valence-corrected chi connectivity index (χ4v) is 4.10. The number of fused-ring (bicyclic) bond motifs is 1. The highest BCUT2D eigenvalue weighted by atomic mass is 15.0. The largest absolute Gasteiger partial charge is 0.341 e. The summed E-state index contributed by atoms with van der Waals surface area (Å²) in [5.41, 5.74) is 3.38. The topological polar surface area (TPSA) is 53.6 Å². The van der Waals surface area contributed by atoms with Gasteiger partial charge in [-0.15, -0.1) is 0 Å². The second-order valence-electron chi connectivity index (χ2n) is 8.24. The molecule has 0 bridgehead atoms. The zero-order valence-electron chi connectivity index (χ0n) is 16.2. The molecule has 4 heteroatoms. The van der Waals surface area contributed by atoms with Gasteiger partial charge in [-0.25, -0.2) is 9.97 Å². The number of nitrogens with zero attached hydrogens (tertiary/aromatic N) is 2. The first-order valence-electron chi connectivity index (χ1n) is 9.65.